The third-order valence-electron chi connectivity index (χ3n) is 6.20. The molecule has 1 saturated carbocycles. The standard InChI is InChI=1S/C22H32N4/c1-25-22(26-2)17-20(13-14-21(22,23)24,15-18-9-5-3-6-10-18)16-19-11-7-4-8-12-19/h3-12,25-26H,13-17,23-24H2,1-2H3. The number of hydrogen-bond donors (Lipinski definition) is 4. The zero-order chi connectivity index (χ0) is 18.7. The summed E-state index contributed by atoms with van der Waals surface area (Å²) in [5.41, 5.74) is 14.6. The van der Waals surface area contributed by atoms with E-state index < -0.39 is 11.3 Å². The van der Waals surface area contributed by atoms with Crippen LogP contribution in [0.2, 0.25) is 0 Å². The van der Waals surface area contributed by atoms with E-state index in [0.29, 0.717) is 0 Å². The molecule has 0 bridgehead atoms. The fraction of sp³-hybridized carbons (Fsp3) is 0.455. The molecule has 2 aromatic carbocycles. The summed E-state index contributed by atoms with van der Waals surface area (Å²) in [7, 11) is 3.90. The van der Waals surface area contributed by atoms with Gasteiger partial charge in [0.15, 0.2) is 0 Å². The van der Waals surface area contributed by atoms with Crippen LogP contribution in [0.15, 0.2) is 60.7 Å². The summed E-state index contributed by atoms with van der Waals surface area (Å²) in [6.45, 7) is 0. The third-order valence-corrected chi connectivity index (χ3v) is 6.20. The zero-order valence-electron chi connectivity index (χ0n) is 16.0. The van der Waals surface area contributed by atoms with E-state index in [1.54, 1.807) is 0 Å². The number of hydrogen-bond acceptors (Lipinski definition) is 4. The Balaban J connectivity index is 1.98. The second-order valence-electron chi connectivity index (χ2n) is 7.95. The molecule has 6 N–H and O–H groups in total. The van der Waals surface area contributed by atoms with E-state index >= 15 is 0 Å². The molecule has 3 rings (SSSR count). The lowest BCUT2D eigenvalue weighted by Gasteiger charge is -2.56. The number of nitrogens with two attached hydrogens (primary N) is 2. The normalized spacial score (nSPS) is 20.6. The largest absolute Gasteiger partial charge is 0.311 e. The quantitative estimate of drug-likeness (QED) is 0.602. The van der Waals surface area contributed by atoms with Crippen LogP contribution in [0.3, 0.4) is 0 Å². The minimum atomic E-state index is -0.784. The van der Waals surface area contributed by atoms with E-state index in [4.69, 9.17) is 11.5 Å². The van der Waals surface area contributed by atoms with Gasteiger partial charge in [-0.15, -0.1) is 0 Å². The number of likely N-dealkylation sites (N-methyl/N-ethyl adjacent to an activating group) is 2. The maximum Gasteiger partial charge on any atom is 0.101 e. The van der Waals surface area contributed by atoms with Crippen LogP contribution < -0.4 is 22.1 Å². The lowest BCUT2D eigenvalue weighted by atomic mass is 9.60. The van der Waals surface area contributed by atoms with E-state index in [1.807, 2.05) is 14.1 Å². The van der Waals surface area contributed by atoms with Crippen molar-refractivity contribution in [2.45, 2.75) is 43.4 Å². The summed E-state index contributed by atoms with van der Waals surface area (Å²) >= 11 is 0. The van der Waals surface area contributed by atoms with Gasteiger partial charge in [-0.05, 0) is 62.7 Å². The average Bonchev–Trinajstić information content (AvgIpc) is 2.65. The number of benzene rings is 2. The van der Waals surface area contributed by atoms with E-state index in [9.17, 15) is 0 Å². The van der Waals surface area contributed by atoms with Gasteiger partial charge in [0.2, 0.25) is 0 Å². The van der Waals surface area contributed by atoms with Crippen molar-refractivity contribution in [2.24, 2.45) is 16.9 Å². The highest BCUT2D eigenvalue weighted by atomic mass is 15.3. The second-order valence-corrected chi connectivity index (χ2v) is 7.95. The minimum Gasteiger partial charge on any atom is -0.311 e. The topological polar surface area (TPSA) is 76.1 Å². The Morgan fingerprint density at radius 3 is 1.65 bits per heavy atom. The maximum atomic E-state index is 6.54. The SMILES string of the molecule is CNC1(NC)CC(Cc2ccccc2)(Cc2ccccc2)CCC1(N)N. The molecule has 0 aromatic heterocycles. The van der Waals surface area contributed by atoms with Crippen LogP contribution in [0.1, 0.15) is 30.4 Å². The Morgan fingerprint density at radius 2 is 1.23 bits per heavy atom. The molecule has 0 unspecified atom stereocenters. The predicted molar refractivity (Wildman–Crippen MR) is 109 cm³/mol. The molecule has 0 saturated heterocycles. The van der Waals surface area contributed by atoms with Crippen molar-refractivity contribution in [3.05, 3.63) is 71.8 Å². The van der Waals surface area contributed by atoms with Crippen molar-refractivity contribution >= 4 is 0 Å². The molecule has 140 valence electrons. The van der Waals surface area contributed by atoms with Crippen LogP contribution in [0.25, 0.3) is 0 Å². The van der Waals surface area contributed by atoms with E-state index in [1.165, 1.54) is 11.1 Å². The fourth-order valence-electron chi connectivity index (χ4n) is 4.69. The average molecular weight is 353 g/mol. The summed E-state index contributed by atoms with van der Waals surface area (Å²) in [6.07, 6.45) is 4.70. The van der Waals surface area contributed by atoms with Crippen molar-refractivity contribution in [1.82, 2.24) is 10.6 Å². The molecule has 0 atom stereocenters. The van der Waals surface area contributed by atoms with Crippen molar-refractivity contribution in [1.29, 1.82) is 0 Å². The van der Waals surface area contributed by atoms with Gasteiger partial charge in [-0.3, -0.25) is 10.6 Å². The maximum absolute atomic E-state index is 6.54. The molecular formula is C22H32N4. The van der Waals surface area contributed by atoms with Crippen LogP contribution in [0.5, 0.6) is 0 Å². The Morgan fingerprint density at radius 1 is 0.769 bits per heavy atom. The van der Waals surface area contributed by atoms with Crippen LogP contribution in [-0.4, -0.2) is 25.4 Å². The first-order chi connectivity index (χ1) is 12.4. The van der Waals surface area contributed by atoms with Crippen LogP contribution in [-0.2, 0) is 12.8 Å². The van der Waals surface area contributed by atoms with Crippen LogP contribution in [0, 0.1) is 5.41 Å². The van der Waals surface area contributed by atoms with Gasteiger partial charge in [0.25, 0.3) is 0 Å². The first-order valence-corrected chi connectivity index (χ1v) is 9.48. The molecule has 1 fully saturated rings. The predicted octanol–water partition coefficient (Wildman–Crippen LogP) is 2.39. The van der Waals surface area contributed by atoms with Gasteiger partial charge in [0.1, 0.15) is 5.66 Å². The third kappa shape index (κ3) is 3.69. The molecule has 0 spiro atoms. The summed E-state index contributed by atoms with van der Waals surface area (Å²) in [4.78, 5) is 0. The lowest BCUT2D eigenvalue weighted by molar-refractivity contribution is 0.00556. The fourth-order valence-corrected chi connectivity index (χ4v) is 4.69. The van der Waals surface area contributed by atoms with Crippen molar-refractivity contribution in [3.8, 4) is 0 Å². The van der Waals surface area contributed by atoms with Gasteiger partial charge in [-0.1, -0.05) is 60.7 Å². The molecule has 0 radical (unpaired) electrons. The van der Waals surface area contributed by atoms with Gasteiger partial charge in [-0.2, -0.15) is 0 Å². The molecule has 1 aliphatic rings. The van der Waals surface area contributed by atoms with Crippen molar-refractivity contribution in [3.63, 3.8) is 0 Å². The van der Waals surface area contributed by atoms with Gasteiger partial charge in [0, 0.05) is 0 Å². The highest BCUT2D eigenvalue weighted by Gasteiger charge is 2.54. The number of rotatable bonds is 6. The molecule has 26 heavy (non-hydrogen) atoms. The second kappa shape index (κ2) is 7.49. The highest BCUT2D eigenvalue weighted by molar-refractivity contribution is 5.24. The Bertz CT molecular complexity index is 651. The molecule has 4 nitrogen and oxygen atoms in total. The van der Waals surface area contributed by atoms with Crippen LogP contribution >= 0.6 is 0 Å². The summed E-state index contributed by atoms with van der Waals surface area (Å²) in [5.74, 6) is 0. The minimum absolute atomic E-state index is 0.0942. The van der Waals surface area contributed by atoms with Gasteiger partial charge >= 0.3 is 0 Å². The van der Waals surface area contributed by atoms with Gasteiger partial charge in [0.05, 0.1) is 5.66 Å². The monoisotopic (exact) mass is 352 g/mol. The Kier molecular flexibility index (Phi) is 5.49. The summed E-state index contributed by atoms with van der Waals surface area (Å²) in [5, 5.41) is 6.85. The highest BCUT2D eigenvalue weighted by Crippen LogP contribution is 2.46. The van der Waals surface area contributed by atoms with Crippen LogP contribution in [0.4, 0.5) is 0 Å². The molecule has 1 aliphatic carbocycles. The molecular weight excluding hydrogens is 320 g/mol. The van der Waals surface area contributed by atoms with E-state index in [2.05, 4.69) is 71.3 Å². The van der Waals surface area contributed by atoms with Gasteiger partial charge in [-0.25, -0.2) is 0 Å². The molecule has 4 heteroatoms. The van der Waals surface area contributed by atoms with Crippen molar-refractivity contribution in [2.75, 3.05) is 14.1 Å². The zero-order valence-corrected chi connectivity index (χ0v) is 16.0. The summed E-state index contributed by atoms with van der Waals surface area (Å²) in [6, 6.07) is 21.5. The smallest absolute Gasteiger partial charge is 0.101 e. The van der Waals surface area contributed by atoms with Crippen molar-refractivity contribution < 1.29 is 0 Å². The Hall–Kier alpha value is -1.72. The molecule has 0 aliphatic heterocycles. The first kappa shape index (κ1) is 19.1. The molecule has 2 aromatic rings. The molecule has 0 heterocycles. The van der Waals surface area contributed by atoms with Gasteiger partial charge < -0.3 is 11.5 Å². The lowest BCUT2D eigenvalue weighted by Crippen LogP contribution is -2.80. The summed E-state index contributed by atoms with van der Waals surface area (Å²) < 4.78 is 0. The van der Waals surface area contributed by atoms with E-state index in [-0.39, 0.29) is 5.41 Å². The number of nitrogens with one attached hydrogen (secondary N) is 2. The molecule has 0 amide bonds. The first-order valence-electron chi connectivity index (χ1n) is 9.48. The van der Waals surface area contributed by atoms with E-state index in [0.717, 1.165) is 32.1 Å². The Labute approximate surface area is 157 Å².